The Morgan fingerprint density at radius 3 is 2.71 bits per heavy atom. The lowest BCUT2D eigenvalue weighted by molar-refractivity contribution is 0.739. The van der Waals surface area contributed by atoms with Gasteiger partial charge in [0.25, 0.3) is 0 Å². The lowest BCUT2D eigenvalue weighted by Crippen LogP contribution is -2.02. The van der Waals surface area contributed by atoms with E-state index < -0.39 is 0 Å². The number of halogens is 2. The molecule has 0 bridgehead atoms. The van der Waals surface area contributed by atoms with Crippen molar-refractivity contribution in [3.63, 3.8) is 0 Å². The molecule has 0 aliphatic carbocycles. The molecule has 0 saturated carbocycles. The number of nitrogen functional groups attached to an aromatic ring is 1. The van der Waals surface area contributed by atoms with Gasteiger partial charge in [0.1, 0.15) is 17.3 Å². The summed E-state index contributed by atoms with van der Waals surface area (Å²) in [4.78, 5) is 4.50. The van der Waals surface area contributed by atoms with E-state index in [9.17, 15) is 0 Å². The second-order valence-electron chi connectivity index (χ2n) is 3.77. The van der Waals surface area contributed by atoms with Crippen molar-refractivity contribution in [2.45, 2.75) is 20.4 Å². The largest absolute Gasteiger partial charge is 0.383 e. The Labute approximate surface area is 114 Å². The molecule has 0 aliphatic rings. The first-order valence-electron chi connectivity index (χ1n) is 5.32. The molecular formula is C12H13BrClN3. The van der Waals surface area contributed by atoms with Crippen molar-refractivity contribution in [2.75, 3.05) is 5.73 Å². The fourth-order valence-electron chi connectivity index (χ4n) is 1.84. The van der Waals surface area contributed by atoms with Crippen LogP contribution in [0.5, 0.6) is 0 Å². The summed E-state index contributed by atoms with van der Waals surface area (Å²) in [5, 5.41) is 0.680. The third-order valence-corrected chi connectivity index (χ3v) is 3.92. The predicted molar refractivity (Wildman–Crippen MR) is 75.2 cm³/mol. The molecule has 2 N–H and O–H groups in total. The number of aromatic nitrogens is 2. The summed E-state index contributed by atoms with van der Waals surface area (Å²) in [6.07, 6.45) is 0. The van der Waals surface area contributed by atoms with Crippen LogP contribution in [-0.4, -0.2) is 9.55 Å². The second-order valence-corrected chi connectivity index (χ2v) is 5.03. The highest BCUT2D eigenvalue weighted by molar-refractivity contribution is 9.10. The number of aryl methyl sites for hydroxylation is 1. The van der Waals surface area contributed by atoms with Gasteiger partial charge < -0.3 is 10.3 Å². The first-order valence-corrected chi connectivity index (χ1v) is 6.49. The molecule has 1 aromatic heterocycles. The molecule has 0 amide bonds. The number of hydrogen-bond donors (Lipinski definition) is 1. The fraction of sp³-hybridized carbons (Fsp3) is 0.250. The van der Waals surface area contributed by atoms with Gasteiger partial charge in [0.05, 0.1) is 5.02 Å². The maximum Gasteiger partial charge on any atom is 0.131 e. The Morgan fingerprint density at radius 2 is 2.18 bits per heavy atom. The molecule has 0 fully saturated rings. The summed E-state index contributed by atoms with van der Waals surface area (Å²) < 4.78 is 2.83. The summed E-state index contributed by atoms with van der Waals surface area (Å²) >= 11 is 9.37. The zero-order chi connectivity index (χ0) is 12.6. The molecule has 0 aliphatic heterocycles. The van der Waals surface area contributed by atoms with Crippen LogP contribution in [0.3, 0.4) is 0 Å². The Hall–Kier alpha value is -1.00. The van der Waals surface area contributed by atoms with Gasteiger partial charge in [0.2, 0.25) is 0 Å². The summed E-state index contributed by atoms with van der Waals surface area (Å²) in [5.41, 5.74) is 7.86. The van der Waals surface area contributed by atoms with E-state index in [-0.39, 0.29) is 0 Å². The van der Waals surface area contributed by atoms with Crippen LogP contribution in [0.15, 0.2) is 22.7 Å². The highest BCUT2D eigenvalue weighted by Gasteiger charge is 2.13. The molecule has 90 valence electrons. The molecule has 0 saturated heterocycles. The van der Waals surface area contributed by atoms with Crippen molar-refractivity contribution in [3.8, 4) is 11.3 Å². The average Bonchev–Trinajstić information content (AvgIpc) is 2.58. The second kappa shape index (κ2) is 4.70. The highest BCUT2D eigenvalue weighted by atomic mass is 79.9. The Balaban J connectivity index is 2.57. The SMILES string of the molecule is CCn1c(C)nc(-c2ccc(Cl)c(Br)c2)c1N. The van der Waals surface area contributed by atoms with Crippen molar-refractivity contribution >= 4 is 33.3 Å². The molecule has 2 rings (SSSR count). The highest BCUT2D eigenvalue weighted by Crippen LogP contribution is 2.31. The molecule has 0 atom stereocenters. The summed E-state index contributed by atoms with van der Waals surface area (Å²) in [6.45, 7) is 4.82. The summed E-state index contributed by atoms with van der Waals surface area (Å²) in [6, 6.07) is 5.69. The van der Waals surface area contributed by atoms with E-state index in [0.717, 1.165) is 28.1 Å². The minimum atomic E-state index is 0.680. The van der Waals surface area contributed by atoms with Crippen LogP contribution < -0.4 is 5.73 Å². The van der Waals surface area contributed by atoms with Gasteiger partial charge in [-0.1, -0.05) is 17.7 Å². The lowest BCUT2D eigenvalue weighted by Gasteiger charge is -2.04. The monoisotopic (exact) mass is 313 g/mol. The van der Waals surface area contributed by atoms with E-state index in [0.29, 0.717) is 10.8 Å². The molecule has 2 aromatic rings. The average molecular weight is 315 g/mol. The van der Waals surface area contributed by atoms with Crippen LogP contribution in [0.4, 0.5) is 5.82 Å². The maximum absolute atomic E-state index is 6.09. The van der Waals surface area contributed by atoms with E-state index in [2.05, 4.69) is 20.9 Å². The Morgan fingerprint density at radius 1 is 1.47 bits per heavy atom. The van der Waals surface area contributed by atoms with Gasteiger partial charge in [0, 0.05) is 16.6 Å². The van der Waals surface area contributed by atoms with Gasteiger partial charge in [-0.2, -0.15) is 0 Å². The number of nitrogens with zero attached hydrogens (tertiary/aromatic N) is 2. The number of imidazole rings is 1. The lowest BCUT2D eigenvalue weighted by atomic mass is 10.1. The Bertz CT molecular complexity index is 563. The molecule has 1 heterocycles. The van der Waals surface area contributed by atoms with Crippen LogP contribution in [0.25, 0.3) is 11.3 Å². The van der Waals surface area contributed by atoms with Crippen LogP contribution >= 0.6 is 27.5 Å². The van der Waals surface area contributed by atoms with E-state index in [1.165, 1.54) is 0 Å². The van der Waals surface area contributed by atoms with Crippen LogP contribution in [0.2, 0.25) is 5.02 Å². The number of nitrogens with two attached hydrogens (primary N) is 1. The first kappa shape index (κ1) is 12.5. The van der Waals surface area contributed by atoms with Crippen molar-refractivity contribution in [2.24, 2.45) is 0 Å². The third kappa shape index (κ3) is 2.19. The predicted octanol–water partition coefficient (Wildman–Crippen LogP) is 3.88. The van der Waals surface area contributed by atoms with Gasteiger partial charge >= 0.3 is 0 Å². The molecule has 0 radical (unpaired) electrons. The van der Waals surface area contributed by atoms with Gasteiger partial charge in [-0.25, -0.2) is 4.98 Å². The molecule has 3 nitrogen and oxygen atoms in total. The quantitative estimate of drug-likeness (QED) is 0.914. The smallest absolute Gasteiger partial charge is 0.131 e. The zero-order valence-corrected chi connectivity index (χ0v) is 12.0. The third-order valence-electron chi connectivity index (χ3n) is 2.71. The van der Waals surface area contributed by atoms with Gasteiger partial charge in [-0.3, -0.25) is 0 Å². The number of hydrogen-bond acceptors (Lipinski definition) is 2. The molecule has 1 aromatic carbocycles. The van der Waals surface area contributed by atoms with Gasteiger partial charge in [-0.15, -0.1) is 0 Å². The zero-order valence-electron chi connectivity index (χ0n) is 9.67. The van der Waals surface area contributed by atoms with Gasteiger partial charge in [0.15, 0.2) is 0 Å². The number of benzene rings is 1. The normalized spacial score (nSPS) is 10.8. The van der Waals surface area contributed by atoms with Crippen molar-refractivity contribution in [1.82, 2.24) is 9.55 Å². The molecule has 17 heavy (non-hydrogen) atoms. The summed E-state index contributed by atoms with van der Waals surface area (Å²) in [5.74, 6) is 1.62. The molecule has 0 unspecified atom stereocenters. The molecule has 0 spiro atoms. The molecule has 5 heteroatoms. The number of rotatable bonds is 2. The van der Waals surface area contributed by atoms with Crippen molar-refractivity contribution in [1.29, 1.82) is 0 Å². The van der Waals surface area contributed by atoms with Crippen molar-refractivity contribution < 1.29 is 0 Å². The van der Waals surface area contributed by atoms with E-state index in [1.54, 1.807) is 0 Å². The fourth-order valence-corrected chi connectivity index (χ4v) is 2.33. The number of anilines is 1. The van der Waals surface area contributed by atoms with Crippen LogP contribution in [0, 0.1) is 6.92 Å². The van der Waals surface area contributed by atoms with Crippen LogP contribution in [-0.2, 0) is 6.54 Å². The van der Waals surface area contributed by atoms with E-state index in [1.807, 2.05) is 36.6 Å². The first-order chi connectivity index (χ1) is 8.04. The Kier molecular flexibility index (Phi) is 3.45. The van der Waals surface area contributed by atoms with E-state index >= 15 is 0 Å². The maximum atomic E-state index is 6.09. The molecular weight excluding hydrogens is 302 g/mol. The topological polar surface area (TPSA) is 43.8 Å². The standard InChI is InChI=1S/C12H13BrClN3/c1-3-17-7(2)16-11(12(17)15)8-4-5-10(14)9(13)6-8/h4-6H,3,15H2,1-2H3. The van der Waals surface area contributed by atoms with Crippen LogP contribution in [0.1, 0.15) is 12.7 Å². The minimum Gasteiger partial charge on any atom is -0.383 e. The minimum absolute atomic E-state index is 0.680. The van der Waals surface area contributed by atoms with Crippen molar-refractivity contribution in [3.05, 3.63) is 33.5 Å². The van der Waals surface area contributed by atoms with Gasteiger partial charge in [-0.05, 0) is 41.9 Å². The van der Waals surface area contributed by atoms with E-state index in [4.69, 9.17) is 17.3 Å². The summed E-state index contributed by atoms with van der Waals surface area (Å²) in [7, 11) is 0.